The first kappa shape index (κ1) is 19.2. The maximum Gasteiger partial charge on any atom is 0.123 e. The first-order chi connectivity index (χ1) is 12.8. The zero-order valence-corrected chi connectivity index (χ0v) is 16.7. The number of aryl methyl sites for hydroxylation is 1. The van der Waals surface area contributed by atoms with E-state index in [2.05, 4.69) is 50.3 Å². The lowest BCUT2D eigenvalue weighted by atomic mass is 10.0. The van der Waals surface area contributed by atoms with E-state index in [1.54, 1.807) is 0 Å². The number of halogens is 1. The molecular weight excluding hydrogens is 339 g/mol. The molecule has 1 atom stereocenters. The predicted octanol–water partition coefficient (Wildman–Crippen LogP) is 3.13. The molecule has 1 aromatic carbocycles. The molecule has 4 heteroatoms. The molecule has 0 fully saturated rings. The minimum Gasteiger partial charge on any atom is -0.368 e. The fourth-order valence-corrected chi connectivity index (χ4v) is 3.87. The SMILES string of the molecule is C/C(=C\CC=O)C1=c2/c(=C(\C)c3ccc(F)cc3)cc(C)n2C[C@@H](C)N1C. The number of fused-ring (bicyclic) bond motifs is 1. The lowest BCUT2D eigenvalue weighted by Crippen LogP contribution is -2.48. The van der Waals surface area contributed by atoms with Gasteiger partial charge < -0.3 is 14.3 Å². The first-order valence-corrected chi connectivity index (χ1v) is 9.36. The van der Waals surface area contributed by atoms with E-state index < -0.39 is 0 Å². The highest BCUT2D eigenvalue weighted by atomic mass is 19.1. The normalized spacial score (nSPS) is 18.4. The number of carbonyl (C=O) groups excluding carboxylic acids is 1. The van der Waals surface area contributed by atoms with Crippen molar-refractivity contribution in [1.29, 1.82) is 0 Å². The van der Waals surface area contributed by atoms with Gasteiger partial charge in [-0.1, -0.05) is 18.2 Å². The maximum atomic E-state index is 13.4. The van der Waals surface area contributed by atoms with Gasteiger partial charge in [0, 0.05) is 37.0 Å². The Balaban J connectivity index is 2.40. The van der Waals surface area contributed by atoms with Crippen molar-refractivity contribution >= 4 is 17.6 Å². The molecule has 2 aromatic rings. The standard InChI is InChI=1S/C23H27FN2O/c1-15(7-6-12-27)22-23-21(18(4)19-8-10-20(24)11-9-19)13-16(2)26(23)14-17(3)25(22)5/h7-13,17H,6,14H2,1-5H3/b15-7+,21-18+/t17-/m1/s1. The Hall–Kier alpha value is -2.62. The number of nitrogens with zero attached hydrogens (tertiary/aromatic N) is 2. The number of benzene rings is 1. The highest BCUT2D eigenvalue weighted by Gasteiger charge is 2.24. The Morgan fingerprint density at radius 1 is 1.26 bits per heavy atom. The number of carbonyl (C=O) groups is 1. The van der Waals surface area contributed by atoms with Crippen molar-refractivity contribution in [3.05, 3.63) is 69.6 Å². The fourth-order valence-electron chi connectivity index (χ4n) is 3.87. The van der Waals surface area contributed by atoms with Gasteiger partial charge in [0.2, 0.25) is 0 Å². The van der Waals surface area contributed by atoms with Crippen LogP contribution < -0.4 is 10.6 Å². The van der Waals surface area contributed by atoms with Crippen LogP contribution in [0.1, 0.15) is 38.4 Å². The Bertz CT molecular complexity index is 1010. The molecule has 3 rings (SSSR count). The summed E-state index contributed by atoms with van der Waals surface area (Å²) in [6.45, 7) is 9.41. The quantitative estimate of drug-likeness (QED) is 0.777. The molecule has 0 amide bonds. The smallest absolute Gasteiger partial charge is 0.123 e. The first-order valence-electron chi connectivity index (χ1n) is 9.36. The molecule has 0 saturated heterocycles. The Morgan fingerprint density at radius 3 is 2.56 bits per heavy atom. The zero-order chi connectivity index (χ0) is 19.7. The predicted molar refractivity (Wildman–Crippen MR) is 108 cm³/mol. The van der Waals surface area contributed by atoms with Crippen LogP contribution in [0.4, 0.5) is 4.39 Å². The van der Waals surface area contributed by atoms with E-state index in [-0.39, 0.29) is 5.82 Å². The largest absolute Gasteiger partial charge is 0.368 e. The van der Waals surface area contributed by atoms with Crippen LogP contribution in [0.2, 0.25) is 0 Å². The Kier molecular flexibility index (Phi) is 5.36. The monoisotopic (exact) mass is 366 g/mol. The summed E-state index contributed by atoms with van der Waals surface area (Å²) in [6, 6.07) is 9.23. The third kappa shape index (κ3) is 3.48. The van der Waals surface area contributed by atoms with Gasteiger partial charge >= 0.3 is 0 Å². The molecule has 2 heterocycles. The number of rotatable bonds is 4. The van der Waals surface area contributed by atoms with Crippen LogP contribution in [0.25, 0.3) is 11.3 Å². The second-order valence-corrected chi connectivity index (χ2v) is 7.39. The van der Waals surface area contributed by atoms with E-state index in [0.29, 0.717) is 12.5 Å². The van der Waals surface area contributed by atoms with Gasteiger partial charge in [0.05, 0.1) is 11.0 Å². The van der Waals surface area contributed by atoms with Crippen molar-refractivity contribution in [2.75, 3.05) is 7.05 Å². The van der Waals surface area contributed by atoms with Crippen LogP contribution in [0.15, 0.2) is 42.0 Å². The van der Waals surface area contributed by atoms with E-state index in [1.807, 2.05) is 18.2 Å². The summed E-state index contributed by atoms with van der Waals surface area (Å²) in [5, 5.41) is 2.33. The van der Waals surface area contributed by atoms with Gasteiger partial charge in [-0.2, -0.15) is 0 Å². The number of aldehydes is 1. The van der Waals surface area contributed by atoms with Crippen LogP contribution in [-0.2, 0) is 11.3 Å². The van der Waals surface area contributed by atoms with E-state index in [9.17, 15) is 9.18 Å². The second kappa shape index (κ2) is 7.55. The molecule has 1 aliphatic heterocycles. The number of hydrogen-bond donors (Lipinski definition) is 0. The van der Waals surface area contributed by atoms with Crippen LogP contribution in [-0.4, -0.2) is 28.8 Å². The van der Waals surface area contributed by atoms with Gasteiger partial charge in [0.1, 0.15) is 12.1 Å². The van der Waals surface area contributed by atoms with Gasteiger partial charge in [-0.3, -0.25) is 0 Å². The molecule has 0 unspecified atom stereocenters. The Labute approximate surface area is 160 Å². The minimum absolute atomic E-state index is 0.227. The maximum absolute atomic E-state index is 13.4. The average molecular weight is 366 g/mol. The molecule has 3 nitrogen and oxygen atoms in total. The molecule has 0 spiro atoms. The third-order valence-corrected chi connectivity index (χ3v) is 5.56. The Morgan fingerprint density at radius 2 is 1.93 bits per heavy atom. The lowest BCUT2D eigenvalue weighted by molar-refractivity contribution is -0.107. The lowest BCUT2D eigenvalue weighted by Gasteiger charge is -2.35. The van der Waals surface area contributed by atoms with Crippen LogP contribution in [0.5, 0.6) is 0 Å². The van der Waals surface area contributed by atoms with Crippen molar-refractivity contribution < 1.29 is 9.18 Å². The van der Waals surface area contributed by atoms with Crippen LogP contribution >= 0.6 is 0 Å². The summed E-state index contributed by atoms with van der Waals surface area (Å²) >= 11 is 0. The van der Waals surface area contributed by atoms with Crippen molar-refractivity contribution in [1.82, 2.24) is 9.47 Å². The fraction of sp³-hybridized carbons (Fsp3) is 0.348. The van der Waals surface area contributed by atoms with Crippen LogP contribution in [0, 0.1) is 12.7 Å². The van der Waals surface area contributed by atoms with Gasteiger partial charge in [-0.25, -0.2) is 4.39 Å². The highest BCUT2D eigenvalue weighted by Crippen LogP contribution is 2.21. The van der Waals surface area contributed by atoms with Crippen molar-refractivity contribution in [2.45, 2.75) is 46.7 Å². The van der Waals surface area contributed by atoms with Crippen LogP contribution in [0.3, 0.4) is 0 Å². The molecular formula is C23H27FN2O. The van der Waals surface area contributed by atoms with Gasteiger partial charge in [-0.05, 0) is 62.6 Å². The van der Waals surface area contributed by atoms with E-state index >= 15 is 0 Å². The molecule has 0 saturated carbocycles. The van der Waals surface area contributed by atoms with Crippen molar-refractivity contribution in [3.8, 4) is 0 Å². The van der Waals surface area contributed by atoms with E-state index in [4.69, 9.17) is 0 Å². The summed E-state index contributed by atoms with van der Waals surface area (Å²) in [7, 11) is 2.11. The summed E-state index contributed by atoms with van der Waals surface area (Å²) < 4.78 is 15.7. The second-order valence-electron chi connectivity index (χ2n) is 7.39. The van der Waals surface area contributed by atoms with E-state index in [0.717, 1.165) is 40.5 Å². The van der Waals surface area contributed by atoms with Crippen molar-refractivity contribution in [2.24, 2.45) is 0 Å². The zero-order valence-electron chi connectivity index (χ0n) is 16.7. The molecule has 0 aliphatic carbocycles. The van der Waals surface area contributed by atoms with Gasteiger partial charge in [0.25, 0.3) is 0 Å². The third-order valence-electron chi connectivity index (χ3n) is 5.56. The van der Waals surface area contributed by atoms with Gasteiger partial charge in [0.15, 0.2) is 0 Å². The molecule has 27 heavy (non-hydrogen) atoms. The molecule has 142 valence electrons. The number of hydrogen-bond acceptors (Lipinski definition) is 2. The highest BCUT2D eigenvalue weighted by molar-refractivity contribution is 5.68. The minimum atomic E-state index is -0.227. The summed E-state index contributed by atoms with van der Waals surface area (Å²) in [5.41, 5.74) is 5.60. The van der Waals surface area contributed by atoms with Gasteiger partial charge in [-0.15, -0.1) is 0 Å². The average Bonchev–Trinajstić information content (AvgIpc) is 2.97. The number of likely N-dealkylation sites (N-methyl/N-ethyl adjacent to an activating group) is 1. The topological polar surface area (TPSA) is 25.2 Å². The molecule has 1 aliphatic rings. The summed E-state index contributed by atoms with van der Waals surface area (Å²) in [4.78, 5) is 13.2. The van der Waals surface area contributed by atoms with Crippen molar-refractivity contribution in [3.63, 3.8) is 0 Å². The molecule has 0 N–H and O–H groups in total. The molecule has 0 bridgehead atoms. The summed E-state index contributed by atoms with van der Waals surface area (Å²) in [5.74, 6) is -0.227. The number of aromatic nitrogens is 1. The molecule has 0 radical (unpaired) electrons. The number of allylic oxidation sites excluding steroid dienone is 1. The van der Waals surface area contributed by atoms with E-state index in [1.165, 1.54) is 23.2 Å². The summed E-state index contributed by atoms with van der Waals surface area (Å²) in [6.07, 6.45) is 3.32. The molecule has 1 aromatic heterocycles.